The predicted molar refractivity (Wildman–Crippen MR) is 111 cm³/mol. The van der Waals surface area contributed by atoms with Gasteiger partial charge in [-0.05, 0) is 42.5 Å². The van der Waals surface area contributed by atoms with Gasteiger partial charge in [0, 0.05) is 18.7 Å². The fraction of sp³-hybridized carbons (Fsp3) is 0.409. The van der Waals surface area contributed by atoms with Crippen LogP contribution in [-0.2, 0) is 15.8 Å². The summed E-state index contributed by atoms with van der Waals surface area (Å²) in [5.41, 5.74) is 2.31. The molecule has 2 aromatic carbocycles. The van der Waals surface area contributed by atoms with Crippen LogP contribution in [0, 0.1) is 0 Å². The average Bonchev–Trinajstić information content (AvgIpc) is 2.73. The van der Waals surface area contributed by atoms with E-state index in [0.717, 1.165) is 31.2 Å². The van der Waals surface area contributed by atoms with E-state index in [-0.39, 0.29) is 17.7 Å². The van der Waals surface area contributed by atoms with Crippen LogP contribution in [0.3, 0.4) is 0 Å². The van der Waals surface area contributed by atoms with Crippen LogP contribution in [0.1, 0.15) is 60.1 Å². The summed E-state index contributed by atoms with van der Waals surface area (Å²) in [6.07, 6.45) is 3.75. The third-order valence-corrected chi connectivity index (χ3v) is 7.04. The van der Waals surface area contributed by atoms with Crippen molar-refractivity contribution in [3.05, 3.63) is 71.3 Å². The molecule has 0 spiro atoms. The third-order valence-electron chi connectivity index (χ3n) is 5.19. The Labute approximate surface area is 167 Å². The molecule has 1 atom stereocenters. The lowest BCUT2D eigenvalue weighted by molar-refractivity contribution is 0.0935. The molecule has 1 saturated heterocycles. The molecule has 150 valence electrons. The number of carbonyl (C=O) groups excluding carboxylic acids is 1. The van der Waals surface area contributed by atoms with Crippen molar-refractivity contribution >= 4 is 15.9 Å². The molecule has 0 bridgehead atoms. The summed E-state index contributed by atoms with van der Waals surface area (Å²) in [4.78, 5) is 12.6. The van der Waals surface area contributed by atoms with E-state index in [4.69, 9.17) is 0 Å². The Morgan fingerprint density at radius 3 is 2.25 bits per heavy atom. The quantitative estimate of drug-likeness (QED) is 0.767. The summed E-state index contributed by atoms with van der Waals surface area (Å²) in [5, 5.41) is 3.05. The Morgan fingerprint density at radius 1 is 1.00 bits per heavy atom. The molecule has 6 heteroatoms. The smallest absolute Gasteiger partial charge is 0.251 e. The minimum Gasteiger partial charge on any atom is -0.345 e. The van der Waals surface area contributed by atoms with Crippen molar-refractivity contribution in [3.63, 3.8) is 0 Å². The van der Waals surface area contributed by atoms with E-state index in [1.54, 1.807) is 28.6 Å². The van der Waals surface area contributed by atoms with Gasteiger partial charge >= 0.3 is 0 Å². The zero-order valence-corrected chi connectivity index (χ0v) is 17.1. The molecule has 0 radical (unpaired) electrons. The number of piperidine rings is 1. The Morgan fingerprint density at radius 2 is 1.64 bits per heavy atom. The first-order valence-electron chi connectivity index (χ1n) is 9.92. The molecule has 1 amide bonds. The number of hydrogen-bond donors (Lipinski definition) is 1. The maximum atomic E-state index is 12.6. The van der Waals surface area contributed by atoms with Crippen molar-refractivity contribution < 1.29 is 13.2 Å². The molecule has 5 nitrogen and oxygen atoms in total. The number of hydrogen-bond acceptors (Lipinski definition) is 3. The van der Waals surface area contributed by atoms with E-state index in [9.17, 15) is 13.2 Å². The van der Waals surface area contributed by atoms with Crippen LogP contribution in [0.5, 0.6) is 0 Å². The normalized spacial score (nSPS) is 16.5. The van der Waals surface area contributed by atoms with Gasteiger partial charge in [0.15, 0.2) is 0 Å². The molecule has 1 N–H and O–H groups in total. The van der Waals surface area contributed by atoms with Crippen LogP contribution in [0.25, 0.3) is 0 Å². The zero-order chi connectivity index (χ0) is 20.0. The summed E-state index contributed by atoms with van der Waals surface area (Å²) in [5.74, 6) is -0.169. The molecular formula is C22H28N2O3S. The molecule has 1 aliphatic heterocycles. The van der Waals surface area contributed by atoms with Gasteiger partial charge in [-0.15, -0.1) is 0 Å². The van der Waals surface area contributed by atoms with Crippen LogP contribution >= 0.6 is 0 Å². The maximum absolute atomic E-state index is 12.6. The lowest BCUT2D eigenvalue weighted by Gasteiger charge is -2.25. The average molecular weight is 401 g/mol. The molecule has 3 rings (SSSR count). The van der Waals surface area contributed by atoms with E-state index in [1.165, 1.54) is 0 Å². The lowest BCUT2D eigenvalue weighted by atomic mass is 10.0. The molecule has 1 aliphatic rings. The van der Waals surface area contributed by atoms with Crippen LogP contribution < -0.4 is 5.32 Å². The molecule has 0 saturated carbocycles. The van der Waals surface area contributed by atoms with Gasteiger partial charge in [0.25, 0.3) is 5.91 Å². The van der Waals surface area contributed by atoms with E-state index >= 15 is 0 Å². The number of amides is 1. The van der Waals surface area contributed by atoms with Crippen molar-refractivity contribution in [2.75, 3.05) is 13.1 Å². The Kier molecular flexibility index (Phi) is 6.86. The summed E-state index contributed by atoms with van der Waals surface area (Å²) >= 11 is 0. The number of nitrogens with one attached hydrogen (secondary N) is 1. The summed E-state index contributed by atoms with van der Waals surface area (Å²) in [6.45, 7) is 3.26. The standard InChI is InChI=1S/C22H28N2O3S/c1-2-21(19-9-5-3-6-10-19)23-22(25)20-13-11-18(12-14-20)17-28(26,27)24-15-7-4-8-16-24/h3,5-6,9-14,21H,2,4,7-8,15-17H2,1H3,(H,23,25)/t21-/m1/s1. The Bertz CT molecular complexity index is 874. The second-order valence-corrected chi connectivity index (χ2v) is 9.23. The van der Waals surface area contributed by atoms with Gasteiger partial charge in [-0.1, -0.05) is 55.8 Å². The van der Waals surface area contributed by atoms with E-state index in [1.807, 2.05) is 37.3 Å². The minimum atomic E-state index is -3.30. The summed E-state index contributed by atoms with van der Waals surface area (Å²) in [6, 6.07) is 16.7. The molecule has 0 unspecified atom stereocenters. The third kappa shape index (κ3) is 5.20. The molecular weight excluding hydrogens is 372 g/mol. The summed E-state index contributed by atoms with van der Waals surface area (Å²) < 4.78 is 26.7. The highest BCUT2D eigenvalue weighted by molar-refractivity contribution is 7.88. The van der Waals surface area contributed by atoms with Gasteiger partial charge in [-0.2, -0.15) is 0 Å². The van der Waals surface area contributed by atoms with E-state index in [2.05, 4.69) is 5.32 Å². The predicted octanol–water partition coefficient (Wildman–Crippen LogP) is 3.88. The van der Waals surface area contributed by atoms with Gasteiger partial charge in [0.05, 0.1) is 11.8 Å². The second kappa shape index (κ2) is 9.34. The van der Waals surface area contributed by atoms with Gasteiger partial charge in [-0.25, -0.2) is 12.7 Å². The van der Waals surface area contributed by atoms with Gasteiger partial charge < -0.3 is 5.32 Å². The number of benzene rings is 2. The Hall–Kier alpha value is -2.18. The Balaban J connectivity index is 1.64. The molecule has 1 fully saturated rings. The molecule has 1 heterocycles. The topological polar surface area (TPSA) is 66.5 Å². The van der Waals surface area contributed by atoms with Crippen LogP contribution in [0.4, 0.5) is 0 Å². The molecule has 28 heavy (non-hydrogen) atoms. The molecule has 0 aromatic heterocycles. The summed E-state index contributed by atoms with van der Waals surface area (Å²) in [7, 11) is -3.30. The highest BCUT2D eigenvalue weighted by Crippen LogP contribution is 2.19. The molecule has 0 aliphatic carbocycles. The van der Waals surface area contributed by atoms with Crippen molar-refractivity contribution in [2.24, 2.45) is 0 Å². The number of carbonyl (C=O) groups is 1. The first kappa shape index (κ1) is 20.6. The first-order valence-corrected chi connectivity index (χ1v) is 11.5. The van der Waals surface area contributed by atoms with Gasteiger partial charge in [-0.3, -0.25) is 4.79 Å². The minimum absolute atomic E-state index is 0.0174. The van der Waals surface area contributed by atoms with Crippen molar-refractivity contribution in [3.8, 4) is 0 Å². The monoisotopic (exact) mass is 400 g/mol. The van der Waals surface area contributed by atoms with Crippen LogP contribution in [-0.4, -0.2) is 31.7 Å². The van der Waals surface area contributed by atoms with E-state index in [0.29, 0.717) is 24.2 Å². The van der Waals surface area contributed by atoms with Crippen molar-refractivity contribution in [2.45, 2.75) is 44.4 Å². The van der Waals surface area contributed by atoms with Gasteiger partial charge in [0.1, 0.15) is 0 Å². The number of nitrogens with zero attached hydrogens (tertiary/aromatic N) is 1. The first-order chi connectivity index (χ1) is 13.5. The lowest BCUT2D eigenvalue weighted by Crippen LogP contribution is -2.36. The fourth-order valence-corrected chi connectivity index (χ4v) is 5.16. The van der Waals surface area contributed by atoms with Crippen molar-refractivity contribution in [1.82, 2.24) is 9.62 Å². The SMILES string of the molecule is CC[C@@H](NC(=O)c1ccc(CS(=O)(=O)N2CCCCC2)cc1)c1ccccc1. The highest BCUT2D eigenvalue weighted by Gasteiger charge is 2.24. The second-order valence-electron chi connectivity index (χ2n) is 7.26. The van der Waals surface area contributed by atoms with E-state index < -0.39 is 10.0 Å². The maximum Gasteiger partial charge on any atom is 0.251 e. The van der Waals surface area contributed by atoms with Crippen LogP contribution in [0.2, 0.25) is 0 Å². The van der Waals surface area contributed by atoms with Gasteiger partial charge in [0.2, 0.25) is 10.0 Å². The van der Waals surface area contributed by atoms with Crippen molar-refractivity contribution in [1.29, 1.82) is 0 Å². The van der Waals surface area contributed by atoms with Crippen LogP contribution in [0.15, 0.2) is 54.6 Å². The largest absolute Gasteiger partial charge is 0.345 e. The number of rotatable bonds is 7. The highest BCUT2D eigenvalue weighted by atomic mass is 32.2. The molecule has 2 aromatic rings. The fourth-order valence-electron chi connectivity index (χ4n) is 3.55. The zero-order valence-electron chi connectivity index (χ0n) is 16.3. The number of sulfonamides is 1.